The molecule has 0 saturated carbocycles. The number of aryl methyl sites for hydroxylation is 1. The first-order chi connectivity index (χ1) is 11.5. The standard InChI is InChI=1S/C19H15BrCl2N2.ClH/c1-11-13(10-23)8-17(16-7-6-15(21)9-18(16)22)19(24-11)12-2-4-14(20)5-3-12;/h2-9H,10,23H2,1H3;1H. The van der Waals surface area contributed by atoms with E-state index < -0.39 is 0 Å². The van der Waals surface area contributed by atoms with Gasteiger partial charge in [-0.15, -0.1) is 12.4 Å². The maximum absolute atomic E-state index is 6.43. The van der Waals surface area contributed by atoms with Crippen LogP contribution in [0.5, 0.6) is 0 Å². The quantitative estimate of drug-likeness (QED) is 0.476. The molecule has 0 bridgehead atoms. The molecule has 0 amide bonds. The van der Waals surface area contributed by atoms with Gasteiger partial charge in [0.05, 0.1) is 5.69 Å². The molecule has 0 aliphatic carbocycles. The van der Waals surface area contributed by atoms with E-state index in [1.165, 1.54) is 0 Å². The molecule has 3 aromatic rings. The minimum Gasteiger partial charge on any atom is -0.326 e. The van der Waals surface area contributed by atoms with Gasteiger partial charge in [-0.2, -0.15) is 0 Å². The summed E-state index contributed by atoms with van der Waals surface area (Å²) < 4.78 is 1.02. The molecule has 130 valence electrons. The molecule has 2 N–H and O–H groups in total. The largest absolute Gasteiger partial charge is 0.326 e. The fourth-order valence-electron chi connectivity index (χ4n) is 2.59. The third-order valence-corrected chi connectivity index (χ3v) is 4.95. The summed E-state index contributed by atoms with van der Waals surface area (Å²) in [5, 5.41) is 1.20. The molecule has 0 aliphatic rings. The second-order valence-electron chi connectivity index (χ2n) is 5.46. The van der Waals surface area contributed by atoms with Crippen molar-refractivity contribution < 1.29 is 0 Å². The smallest absolute Gasteiger partial charge is 0.0784 e. The Bertz CT molecular complexity index is 896. The van der Waals surface area contributed by atoms with Crippen LogP contribution >= 0.6 is 51.5 Å². The van der Waals surface area contributed by atoms with Gasteiger partial charge in [-0.1, -0.05) is 57.3 Å². The maximum Gasteiger partial charge on any atom is 0.0784 e. The molecule has 1 heterocycles. The number of aromatic nitrogens is 1. The summed E-state index contributed by atoms with van der Waals surface area (Å²) in [7, 11) is 0. The van der Waals surface area contributed by atoms with Crippen molar-refractivity contribution in [1.29, 1.82) is 0 Å². The zero-order chi connectivity index (χ0) is 17.3. The van der Waals surface area contributed by atoms with Gasteiger partial charge in [0.15, 0.2) is 0 Å². The van der Waals surface area contributed by atoms with Crippen LogP contribution in [0.15, 0.2) is 53.0 Å². The summed E-state index contributed by atoms with van der Waals surface area (Å²) in [4.78, 5) is 4.80. The van der Waals surface area contributed by atoms with Crippen LogP contribution in [0.3, 0.4) is 0 Å². The number of halogens is 4. The normalized spacial score (nSPS) is 10.4. The maximum atomic E-state index is 6.43. The predicted molar refractivity (Wildman–Crippen MR) is 113 cm³/mol. The molecule has 0 radical (unpaired) electrons. The monoisotopic (exact) mass is 456 g/mol. The zero-order valence-corrected chi connectivity index (χ0v) is 17.3. The lowest BCUT2D eigenvalue weighted by molar-refractivity contribution is 1.01. The fraction of sp³-hybridized carbons (Fsp3) is 0.105. The molecular formula is C19H16BrCl3N2. The molecule has 0 unspecified atom stereocenters. The van der Waals surface area contributed by atoms with Crippen molar-refractivity contribution in [2.45, 2.75) is 13.5 Å². The van der Waals surface area contributed by atoms with Crippen molar-refractivity contribution >= 4 is 51.5 Å². The zero-order valence-electron chi connectivity index (χ0n) is 13.4. The Morgan fingerprint density at radius 3 is 2.28 bits per heavy atom. The third-order valence-electron chi connectivity index (χ3n) is 3.88. The van der Waals surface area contributed by atoms with E-state index in [1.54, 1.807) is 6.07 Å². The van der Waals surface area contributed by atoms with Gasteiger partial charge in [0.25, 0.3) is 0 Å². The van der Waals surface area contributed by atoms with Crippen LogP contribution in [0.25, 0.3) is 22.4 Å². The van der Waals surface area contributed by atoms with Crippen molar-refractivity contribution in [3.63, 3.8) is 0 Å². The number of nitrogens with two attached hydrogens (primary N) is 1. The van der Waals surface area contributed by atoms with Crippen LogP contribution in [0, 0.1) is 6.92 Å². The van der Waals surface area contributed by atoms with E-state index in [0.717, 1.165) is 38.1 Å². The third kappa shape index (κ3) is 4.36. The summed E-state index contributed by atoms with van der Waals surface area (Å²) in [6.45, 7) is 2.40. The van der Waals surface area contributed by atoms with E-state index in [1.807, 2.05) is 43.3 Å². The first kappa shape index (κ1) is 20.2. The lowest BCUT2D eigenvalue weighted by atomic mass is 9.96. The van der Waals surface area contributed by atoms with Crippen LogP contribution in [-0.2, 0) is 6.54 Å². The molecule has 0 atom stereocenters. The molecule has 1 aromatic heterocycles. The Labute approximate surface area is 171 Å². The Morgan fingerprint density at radius 2 is 1.68 bits per heavy atom. The van der Waals surface area contributed by atoms with Crippen molar-refractivity contribution in [2.24, 2.45) is 5.73 Å². The first-order valence-electron chi connectivity index (χ1n) is 7.41. The van der Waals surface area contributed by atoms with E-state index in [-0.39, 0.29) is 12.4 Å². The van der Waals surface area contributed by atoms with Crippen molar-refractivity contribution in [2.75, 3.05) is 0 Å². The molecule has 25 heavy (non-hydrogen) atoms. The highest BCUT2D eigenvalue weighted by atomic mass is 79.9. The number of pyridine rings is 1. The van der Waals surface area contributed by atoms with Gasteiger partial charge in [0.1, 0.15) is 0 Å². The van der Waals surface area contributed by atoms with E-state index in [0.29, 0.717) is 16.6 Å². The second-order valence-corrected chi connectivity index (χ2v) is 7.22. The van der Waals surface area contributed by atoms with Crippen molar-refractivity contribution in [3.8, 4) is 22.4 Å². The van der Waals surface area contributed by atoms with Crippen LogP contribution in [0.1, 0.15) is 11.3 Å². The molecule has 0 spiro atoms. The topological polar surface area (TPSA) is 38.9 Å². The summed E-state index contributed by atoms with van der Waals surface area (Å²) in [6, 6.07) is 15.6. The molecule has 2 nitrogen and oxygen atoms in total. The van der Waals surface area contributed by atoms with Gasteiger partial charge < -0.3 is 5.73 Å². The molecular weight excluding hydrogens is 442 g/mol. The number of nitrogens with zero attached hydrogens (tertiary/aromatic N) is 1. The first-order valence-corrected chi connectivity index (χ1v) is 8.96. The van der Waals surface area contributed by atoms with Crippen LogP contribution < -0.4 is 5.73 Å². The van der Waals surface area contributed by atoms with Gasteiger partial charge in [-0.3, -0.25) is 4.98 Å². The van der Waals surface area contributed by atoms with Gasteiger partial charge in [0, 0.05) is 43.4 Å². The van der Waals surface area contributed by atoms with Gasteiger partial charge in [-0.25, -0.2) is 0 Å². The molecule has 3 rings (SSSR count). The van der Waals surface area contributed by atoms with Crippen LogP contribution in [0.2, 0.25) is 10.0 Å². The minimum absolute atomic E-state index is 0. The lowest BCUT2D eigenvalue weighted by Crippen LogP contribution is -2.03. The Hall–Kier alpha value is -1.10. The highest BCUT2D eigenvalue weighted by Crippen LogP contribution is 2.37. The van der Waals surface area contributed by atoms with E-state index in [2.05, 4.69) is 22.0 Å². The van der Waals surface area contributed by atoms with Crippen LogP contribution in [0.4, 0.5) is 0 Å². The van der Waals surface area contributed by atoms with Crippen molar-refractivity contribution in [3.05, 3.63) is 74.3 Å². The summed E-state index contributed by atoms with van der Waals surface area (Å²) in [6.07, 6.45) is 0. The second kappa shape index (κ2) is 8.52. The average Bonchev–Trinajstić information content (AvgIpc) is 2.56. The number of rotatable bonds is 3. The Balaban J connectivity index is 0.00000225. The fourth-order valence-corrected chi connectivity index (χ4v) is 3.37. The Morgan fingerprint density at radius 1 is 1.00 bits per heavy atom. The van der Waals surface area contributed by atoms with E-state index >= 15 is 0 Å². The molecule has 6 heteroatoms. The van der Waals surface area contributed by atoms with Crippen LogP contribution in [-0.4, -0.2) is 4.98 Å². The molecule has 0 fully saturated rings. The number of benzene rings is 2. The molecule has 0 saturated heterocycles. The predicted octanol–water partition coefficient (Wildman–Crippen LogP) is 6.67. The summed E-state index contributed by atoms with van der Waals surface area (Å²) in [5.41, 5.74) is 11.5. The van der Waals surface area contributed by atoms with Gasteiger partial charge >= 0.3 is 0 Å². The van der Waals surface area contributed by atoms with Crippen molar-refractivity contribution in [1.82, 2.24) is 4.98 Å². The highest BCUT2D eigenvalue weighted by Gasteiger charge is 2.15. The number of hydrogen-bond acceptors (Lipinski definition) is 2. The Kier molecular flexibility index (Phi) is 6.89. The molecule has 2 aromatic carbocycles. The van der Waals surface area contributed by atoms with Gasteiger partial charge in [0.2, 0.25) is 0 Å². The molecule has 0 aliphatic heterocycles. The summed E-state index contributed by atoms with van der Waals surface area (Å²) in [5.74, 6) is 0. The lowest BCUT2D eigenvalue weighted by Gasteiger charge is -2.15. The van der Waals surface area contributed by atoms with Gasteiger partial charge in [-0.05, 0) is 42.8 Å². The summed E-state index contributed by atoms with van der Waals surface area (Å²) >= 11 is 15.9. The number of hydrogen-bond donors (Lipinski definition) is 1. The average molecular weight is 459 g/mol. The van der Waals surface area contributed by atoms with E-state index in [9.17, 15) is 0 Å². The van der Waals surface area contributed by atoms with E-state index in [4.69, 9.17) is 33.9 Å². The highest BCUT2D eigenvalue weighted by molar-refractivity contribution is 9.10. The SMILES string of the molecule is Cc1nc(-c2ccc(Br)cc2)c(-c2ccc(Cl)cc2Cl)cc1CN.Cl. The minimum atomic E-state index is 0.